The van der Waals surface area contributed by atoms with Crippen LogP contribution in [-0.2, 0) is 0 Å². The van der Waals surface area contributed by atoms with E-state index in [0.29, 0.717) is 16.6 Å². The Hall–Kier alpha value is -1.29. The molecule has 1 N–H and O–H groups in total. The molecule has 2 unspecified atom stereocenters. The fourth-order valence-electron chi connectivity index (χ4n) is 2.57. The minimum atomic E-state index is -0.379. The van der Waals surface area contributed by atoms with Crippen LogP contribution in [0.5, 0.6) is 0 Å². The summed E-state index contributed by atoms with van der Waals surface area (Å²) in [4.78, 5) is 10.5. The summed E-state index contributed by atoms with van der Waals surface area (Å²) >= 11 is 5.88. The van der Waals surface area contributed by atoms with Gasteiger partial charge in [0, 0.05) is 17.6 Å². The molecule has 2 atom stereocenters. The first-order valence-corrected chi connectivity index (χ1v) is 6.62. The van der Waals surface area contributed by atoms with Crippen LogP contribution in [0, 0.1) is 22.0 Å². The van der Waals surface area contributed by atoms with Gasteiger partial charge in [-0.2, -0.15) is 0 Å². The van der Waals surface area contributed by atoms with Gasteiger partial charge in [0.25, 0.3) is 5.69 Å². The lowest BCUT2D eigenvalue weighted by atomic mass is 10.1. The molecule has 98 valence electrons. The number of nitro groups is 1. The van der Waals surface area contributed by atoms with Crippen molar-refractivity contribution in [1.82, 2.24) is 0 Å². The Morgan fingerprint density at radius 2 is 2.28 bits per heavy atom. The fourth-order valence-corrected chi connectivity index (χ4v) is 2.75. The molecule has 1 aromatic rings. The van der Waals surface area contributed by atoms with Crippen molar-refractivity contribution in [3.05, 3.63) is 33.3 Å². The quantitative estimate of drug-likeness (QED) is 0.661. The summed E-state index contributed by atoms with van der Waals surface area (Å²) in [5, 5.41) is 14.6. The average Bonchev–Trinajstić information content (AvgIpc) is 2.72. The second kappa shape index (κ2) is 5.57. The van der Waals surface area contributed by atoms with Crippen LogP contribution in [0.15, 0.2) is 18.2 Å². The number of nitro benzene ring substituents is 1. The molecule has 0 aliphatic heterocycles. The summed E-state index contributed by atoms with van der Waals surface area (Å²) < 4.78 is 0. The molecule has 1 aromatic carbocycles. The van der Waals surface area contributed by atoms with Crippen molar-refractivity contribution in [1.29, 1.82) is 0 Å². The normalized spacial score (nSPS) is 23.0. The van der Waals surface area contributed by atoms with E-state index in [9.17, 15) is 10.1 Å². The zero-order valence-corrected chi connectivity index (χ0v) is 11.1. The van der Waals surface area contributed by atoms with E-state index in [0.717, 1.165) is 12.5 Å². The van der Waals surface area contributed by atoms with Gasteiger partial charge in [0.05, 0.1) is 4.92 Å². The van der Waals surface area contributed by atoms with Crippen LogP contribution in [0.1, 0.15) is 26.2 Å². The zero-order chi connectivity index (χ0) is 13.1. The predicted molar refractivity (Wildman–Crippen MR) is 73.1 cm³/mol. The van der Waals surface area contributed by atoms with Gasteiger partial charge in [-0.15, -0.1) is 0 Å². The molecule has 4 nitrogen and oxygen atoms in total. The van der Waals surface area contributed by atoms with Crippen molar-refractivity contribution in [2.45, 2.75) is 26.2 Å². The van der Waals surface area contributed by atoms with Gasteiger partial charge in [-0.05, 0) is 36.8 Å². The second-order valence-electron chi connectivity index (χ2n) is 5.08. The highest BCUT2D eigenvalue weighted by molar-refractivity contribution is 6.31. The molecule has 18 heavy (non-hydrogen) atoms. The minimum Gasteiger partial charge on any atom is -0.379 e. The Morgan fingerprint density at radius 3 is 2.89 bits per heavy atom. The number of nitrogens with one attached hydrogen (secondary N) is 1. The Bertz CT molecular complexity index is 451. The van der Waals surface area contributed by atoms with Crippen molar-refractivity contribution < 1.29 is 4.92 Å². The molecule has 5 heteroatoms. The highest BCUT2D eigenvalue weighted by Crippen LogP contribution is 2.32. The monoisotopic (exact) mass is 268 g/mol. The number of anilines is 1. The number of halogens is 1. The van der Waals surface area contributed by atoms with Gasteiger partial charge >= 0.3 is 0 Å². The van der Waals surface area contributed by atoms with Crippen LogP contribution in [0.3, 0.4) is 0 Å². The summed E-state index contributed by atoms with van der Waals surface area (Å²) in [6, 6.07) is 4.61. The van der Waals surface area contributed by atoms with Crippen molar-refractivity contribution >= 4 is 23.0 Å². The van der Waals surface area contributed by atoms with Crippen molar-refractivity contribution in [3.8, 4) is 0 Å². The van der Waals surface area contributed by atoms with Crippen molar-refractivity contribution in [2.24, 2.45) is 11.8 Å². The molecule has 0 amide bonds. The third-order valence-corrected chi connectivity index (χ3v) is 3.77. The SMILES string of the molecule is CC1CCC(CNc2cc(Cl)ccc2[N+](=O)[O-])C1. The zero-order valence-electron chi connectivity index (χ0n) is 10.4. The highest BCUT2D eigenvalue weighted by atomic mass is 35.5. The summed E-state index contributed by atoms with van der Waals surface area (Å²) in [5.41, 5.74) is 0.609. The van der Waals surface area contributed by atoms with Gasteiger partial charge in [-0.3, -0.25) is 10.1 Å². The number of hydrogen-bond acceptors (Lipinski definition) is 3. The first-order valence-electron chi connectivity index (χ1n) is 6.24. The van der Waals surface area contributed by atoms with Gasteiger partial charge in [-0.1, -0.05) is 24.9 Å². The molecule has 2 rings (SSSR count). The third kappa shape index (κ3) is 3.13. The largest absolute Gasteiger partial charge is 0.379 e. The van der Waals surface area contributed by atoms with Crippen LogP contribution < -0.4 is 5.32 Å². The van der Waals surface area contributed by atoms with E-state index in [-0.39, 0.29) is 10.6 Å². The van der Waals surface area contributed by atoms with Crippen LogP contribution in [0.4, 0.5) is 11.4 Å². The van der Waals surface area contributed by atoms with E-state index in [2.05, 4.69) is 12.2 Å². The standard InChI is InChI=1S/C13H17ClN2O2/c1-9-2-3-10(6-9)8-15-12-7-11(14)4-5-13(12)16(17)18/h4-5,7,9-10,15H,2-3,6,8H2,1H3. The van der Waals surface area contributed by atoms with Gasteiger partial charge < -0.3 is 5.32 Å². The molecular formula is C13H17ClN2O2. The fraction of sp³-hybridized carbons (Fsp3) is 0.538. The number of hydrogen-bond donors (Lipinski definition) is 1. The van der Waals surface area contributed by atoms with Crippen molar-refractivity contribution in [2.75, 3.05) is 11.9 Å². The molecule has 1 aliphatic rings. The maximum atomic E-state index is 10.9. The molecule has 0 radical (unpaired) electrons. The van der Waals surface area contributed by atoms with E-state index in [4.69, 9.17) is 11.6 Å². The predicted octanol–water partition coefficient (Wildman–Crippen LogP) is 4.10. The molecule has 0 aromatic heterocycles. The van der Waals surface area contributed by atoms with Crippen molar-refractivity contribution in [3.63, 3.8) is 0 Å². The summed E-state index contributed by atoms with van der Waals surface area (Å²) in [6.07, 6.45) is 3.65. The van der Waals surface area contributed by atoms with Gasteiger partial charge in [0.1, 0.15) is 5.69 Å². The molecule has 1 saturated carbocycles. The lowest BCUT2D eigenvalue weighted by molar-refractivity contribution is -0.384. The maximum absolute atomic E-state index is 10.9. The Labute approximate surface area is 111 Å². The molecule has 0 spiro atoms. The number of nitrogens with zero attached hydrogens (tertiary/aromatic N) is 1. The van der Waals surface area contributed by atoms with Crippen LogP contribution in [0.25, 0.3) is 0 Å². The van der Waals surface area contributed by atoms with E-state index < -0.39 is 0 Å². The molecule has 1 aliphatic carbocycles. The van der Waals surface area contributed by atoms with Crippen LogP contribution in [0.2, 0.25) is 5.02 Å². The first kappa shape index (κ1) is 13.1. The molecule has 0 bridgehead atoms. The average molecular weight is 269 g/mol. The number of benzene rings is 1. The third-order valence-electron chi connectivity index (χ3n) is 3.54. The minimum absolute atomic E-state index is 0.0884. The summed E-state index contributed by atoms with van der Waals surface area (Å²) in [6.45, 7) is 3.04. The van der Waals surface area contributed by atoms with Crippen LogP contribution in [-0.4, -0.2) is 11.5 Å². The second-order valence-corrected chi connectivity index (χ2v) is 5.52. The lowest BCUT2D eigenvalue weighted by Gasteiger charge is -2.12. The maximum Gasteiger partial charge on any atom is 0.292 e. The van der Waals surface area contributed by atoms with E-state index >= 15 is 0 Å². The van der Waals surface area contributed by atoms with Crippen LogP contribution >= 0.6 is 11.6 Å². The van der Waals surface area contributed by atoms with E-state index in [1.165, 1.54) is 25.3 Å². The van der Waals surface area contributed by atoms with Gasteiger partial charge in [0.15, 0.2) is 0 Å². The molecule has 0 heterocycles. The molecular weight excluding hydrogens is 252 g/mol. The lowest BCUT2D eigenvalue weighted by Crippen LogP contribution is -2.12. The summed E-state index contributed by atoms with van der Waals surface area (Å²) in [5.74, 6) is 1.38. The molecule has 0 saturated heterocycles. The topological polar surface area (TPSA) is 55.2 Å². The number of rotatable bonds is 4. The van der Waals surface area contributed by atoms with E-state index in [1.807, 2.05) is 0 Å². The first-order chi connectivity index (χ1) is 8.56. The highest BCUT2D eigenvalue weighted by Gasteiger charge is 2.22. The summed E-state index contributed by atoms with van der Waals surface area (Å²) in [7, 11) is 0. The molecule has 1 fully saturated rings. The Kier molecular flexibility index (Phi) is 4.07. The Balaban J connectivity index is 2.04. The van der Waals surface area contributed by atoms with E-state index in [1.54, 1.807) is 12.1 Å². The Morgan fingerprint density at radius 1 is 1.50 bits per heavy atom. The van der Waals surface area contributed by atoms with Gasteiger partial charge in [-0.25, -0.2) is 0 Å². The van der Waals surface area contributed by atoms with Gasteiger partial charge in [0.2, 0.25) is 0 Å². The smallest absolute Gasteiger partial charge is 0.292 e.